The van der Waals surface area contributed by atoms with Gasteiger partial charge in [-0.25, -0.2) is 0 Å². The molecule has 0 aromatic heterocycles. The van der Waals surface area contributed by atoms with Crippen LogP contribution in [-0.2, 0) is 0 Å². The number of fused-ring (bicyclic) bond motifs is 7. The van der Waals surface area contributed by atoms with Gasteiger partial charge in [-0.1, -0.05) is 48.0 Å². The zero-order chi connectivity index (χ0) is 20.9. The highest BCUT2D eigenvalue weighted by molar-refractivity contribution is 6.04. The van der Waals surface area contributed by atoms with Gasteiger partial charge in [0, 0.05) is 16.9 Å². The maximum atomic E-state index is 13.0. The Morgan fingerprint density at radius 1 is 0.935 bits per heavy atom. The lowest BCUT2D eigenvalue weighted by Gasteiger charge is -2.43. The van der Waals surface area contributed by atoms with Crippen LogP contribution in [0.1, 0.15) is 58.3 Å². The van der Waals surface area contributed by atoms with Crippen molar-refractivity contribution >= 4 is 17.3 Å². The second-order valence-corrected chi connectivity index (χ2v) is 9.59. The summed E-state index contributed by atoms with van der Waals surface area (Å²) in [7, 11) is 0. The van der Waals surface area contributed by atoms with Crippen LogP contribution in [0.3, 0.4) is 0 Å². The summed E-state index contributed by atoms with van der Waals surface area (Å²) in [5.41, 5.74) is 6.72. The van der Waals surface area contributed by atoms with Gasteiger partial charge in [-0.2, -0.15) is 0 Å². The molecule has 31 heavy (non-hydrogen) atoms. The van der Waals surface area contributed by atoms with Crippen LogP contribution < -0.4 is 10.6 Å². The second kappa shape index (κ2) is 7.26. The molecule has 2 N–H and O–H groups in total. The monoisotopic (exact) mass is 408 g/mol. The highest BCUT2D eigenvalue weighted by atomic mass is 16.1. The summed E-state index contributed by atoms with van der Waals surface area (Å²) in [6.45, 7) is 2.05. The first-order valence-corrected chi connectivity index (χ1v) is 11.5. The van der Waals surface area contributed by atoms with Gasteiger partial charge in [0.2, 0.25) is 0 Å². The van der Waals surface area contributed by atoms with Gasteiger partial charge in [0.25, 0.3) is 5.91 Å². The van der Waals surface area contributed by atoms with Crippen LogP contribution in [0.4, 0.5) is 11.4 Å². The zero-order valence-electron chi connectivity index (χ0n) is 17.8. The first-order chi connectivity index (χ1) is 15.2. The average Bonchev–Trinajstić information content (AvgIpc) is 3.43. The van der Waals surface area contributed by atoms with Gasteiger partial charge in [0.05, 0.1) is 6.04 Å². The fraction of sp³-hybridized carbons (Fsp3) is 0.321. The average molecular weight is 409 g/mol. The highest BCUT2D eigenvalue weighted by Gasteiger charge is 2.53. The number of hydrogen-bond acceptors (Lipinski definition) is 2. The molecule has 0 radical (unpaired) electrons. The normalized spacial score (nSPS) is 27.8. The molecule has 156 valence electrons. The molecule has 3 aromatic rings. The lowest BCUT2D eigenvalue weighted by atomic mass is 9.68. The van der Waals surface area contributed by atoms with E-state index in [1.54, 1.807) is 0 Å². The predicted octanol–water partition coefficient (Wildman–Crippen LogP) is 6.54. The Morgan fingerprint density at radius 3 is 2.52 bits per heavy atom. The summed E-state index contributed by atoms with van der Waals surface area (Å²) in [6, 6.07) is 25.5. The van der Waals surface area contributed by atoms with Crippen LogP contribution in [-0.4, -0.2) is 5.91 Å². The van der Waals surface area contributed by atoms with E-state index in [9.17, 15) is 4.79 Å². The topological polar surface area (TPSA) is 41.1 Å². The van der Waals surface area contributed by atoms with E-state index in [2.05, 4.69) is 60.0 Å². The molecule has 0 saturated heterocycles. The van der Waals surface area contributed by atoms with Crippen LogP contribution in [0.25, 0.3) is 0 Å². The van der Waals surface area contributed by atoms with E-state index in [4.69, 9.17) is 0 Å². The van der Waals surface area contributed by atoms with E-state index in [0.717, 1.165) is 23.1 Å². The van der Waals surface area contributed by atoms with E-state index in [1.165, 1.54) is 41.6 Å². The summed E-state index contributed by atoms with van der Waals surface area (Å²) < 4.78 is 0. The Kier molecular flexibility index (Phi) is 4.38. The number of hydrogen-bond donors (Lipinski definition) is 2. The molecular weight excluding hydrogens is 380 g/mol. The minimum atomic E-state index is -0.0310. The quantitative estimate of drug-likeness (QED) is 0.516. The number of carbonyl (C=O) groups is 1. The van der Waals surface area contributed by atoms with E-state index in [-0.39, 0.29) is 5.91 Å². The van der Waals surface area contributed by atoms with Crippen molar-refractivity contribution in [2.45, 2.75) is 38.1 Å². The summed E-state index contributed by atoms with van der Waals surface area (Å²) in [5.74, 6) is 2.66. The fourth-order valence-electron chi connectivity index (χ4n) is 6.46. The van der Waals surface area contributed by atoms with Gasteiger partial charge in [-0.3, -0.25) is 4.79 Å². The third-order valence-corrected chi connectivity index (χ3v) is 7.82. The molecule has 2 fully saturated rings. The third-order valence-electron chi connectivity index (χ3n) is 7.82. The zero-order valence-corrected chi connectivity index (χ0v) is 17.8. The first-order valence-electron chi connectivity index (χ1n) is 11.5. The number of rotatable bonds is 3. The second-order valence-electron chi connectivity index (χ2n) is 9.59. The van der Waals surface area contributed by atoms with E-state index >= 15 is 0 Å². The van der Waals surface area contributed by atoms with Crippen molar-refractivity contribution in [2.24, 2.45) is 17.8 Å². The molecule has 3 aromatic carbocycles. The van der Waals surface area contributed by atoms with Gasteiger partial charge in [0.1, 0.15) is 0 Å². The van der Waals surface area contributed by atoms with Crippen molar-refractivity contribution in [3.8, 4) is 0 Å². The predicted molar refractivity (Wildman–Crippen MR) is 125 cm³/mol. The molecule has 3 nitrogen and oxygen atoms in total. The van der Waals surface area contributed by atoms with Gasteiger partial charge in [0.15, 0.2) is 0 Å². The highest BCUT2D eigenvalue weighted by Crippen LogP contribution is 2.63. The van der Waals surface area contributed by atoms with Crippen molar-refractivity contribution in [1.29, 1.82) is 0 Å². The van der Waals surface area contributed by atoms with Crippen LogP contribution in [0.5, 0.6) is 0 Å². The van der Waals surface area contributed by atoms with Gasteiger partial charge in [-0.15, -0.1) is 0 Å². The summed E-state index contributed by atoms with van der Waals surface area (Å²) in [5, 5.41) is 6.92. The summed E-state index contributed by atoms with van der Waals surface area (Å²) in [6.07, 6.45) is 4.01. The maximum absolute atomic E-state index is 13.0. The summed E-state index contributed by atoms with van der Waals surface area (Å²) >= 11 is 0. The Bertz CT molecular complexity index is 1120. The Labute approximate surface area is 183 Å². The number of nitrogens with one attached hydrogen (secondary N) is 2. The fourth-order valence-corrected chi connectivity index (χ4v) is 6.46. The summed E-state index contributed by atoms with van der Waals surface area (Å²) in [4.78, 5) is 13.0. The molecule has 0 spiro atoms. The maximum Gasteiger partial charge on any atom is 0.255 e. The standard InChI is InChI=1S/C28H28N2O/c1-17-7-12-22(13-8-17)29-28(31)21-11-14-24-23(16-21)25-19-9-10-20(15-19)26(25)27(30-24)18-5-3-2-4-6-18/h2-8,11-14,16,19-20,25-27,30H,9-10,15H2,1H3,(H,29,31)/t19-,20-,25-,26+,27+/m0/s1. The molecule has 1 heterocycles. The Hall–Kier alpha value is -3.07. The van der Waals surface area contributed by atoms with E-state index in [0.29, 0.717) is 17.9 Å². The molecule has 1 aliphatic heterocycles. The molecule has 0 unspecified atom stereocenters. The van der Waals surface area contributed by atoms with Crippen molar-refractivity contribution in [2.75, 3.05) is 10.6 Å². The number of carbonyl (C=O) groups excluding carboxylic acids is 1. The largest absolute Gasteiger partial charge is 0.378 e. The van der Waals surface area contributed by atoms with Crippen molar-refractivity contribution < 1.29 is 4.79 Å². The minimum Gasteiger partial charge on any atom is -0.378 e. The van der Waals surface area contributed by atoms with Gasteiger partial charge in [-0.05, 0) is 91.3 Å². The van der Waals surface area contributed by atoms with Crippen LogP contribution >= 0.6 is 0 Å². The van der Waals surface area contributed by atoms with Crippen molar-refractivity contribution in [1.82, 2.24) is 0 Å². The number of aryl methyl sites for hydroxylation is 1. The Balaban J connectivity index is 1.34. The Morgan fingerprint density at radius 2 is 1.71 bits per heavy atom. The number of amides is 1. The molecular formula is C28H28N2O. The SMILES string of the molecule is Cc1ccc(NC(=O)c2ccc3c(c2)[C@@H]2[C@H]4CC[C@@H](C4)[C@H]2[C@@H](c2ccccc2)N3)cc1. The van der Waals surface area contributed by atoms with Gasteiger partial charge < -0.3 is 10.6 Å². The lowest BCUT2D eigenvalue weighted by Crippen LogP contribution is -2.35. The minimum absolute atomic E-state index is 0.0310. The first kappa shape index (κ1) is 18.7. The molecule has 6 rings (SSSR count). The lowest BCUT2D eigenvalue weighted by molar-refractivity contribution is 0.102. The van der Waals surface area contributed by atoms with Crippen LogP contribution in [0, 0.1) is 24.7 Å². The van der Waals surface area contributed by atoms with E-state index < -0.39 is 0 Å². The molecule has 2 aliphatic carbocycles. The van der Waals surface area contributed by atoms with E-state index in [1.807, 2.05) is 30.3 Å². The molecule has 2 bridgehead atoms. The van der Waals surface area contributed by atoms with Gasteiger partial charge >= 0.3 is 0 Å². The number of anilines is 2. The number of benzene rings is 3. The molecule has 3 heteroatoms. The molecule has 1 amide bonds. The van der Waals surface area contributed by atoms with Crippen LogP contribution in [0.15, 0.2) is 72.8 Å². The van der Waals surface area contributed by atoms with Crippen molar-refractivity contribution in [3.63, 3.8) is 0 Å². The molecule has 5 atom stereocenters. The smallest absolute Gasteiger partial charge is 0.255 e. The third kappa shape index (κ3) is 3.15. The van der Waals surface area contributed by atoms with Crippen molar-refractivity contribution in [3.05, 3.63) is 95.1 Å². The molecule has 2 saturated carbocycles. The molecule has 3 aliphatic rings. The van der Waals surface area contributed by atoms with Crippen LogP contribution in [0.2, 0.25) is 0 Å².